The van der Waals surface area contributed by atoms with Crippen LogP contribution < -0.4 is 0 Å². The molecule has 0 aromatic rings. The molecule has 0 bridgehead atoms. The van der Waals surface area contributed by atoms with Crippen molar-refractivity contribution >= 4 is 17.7 Å². The van der Waals surface area contributed by atoms with E-state index in [2.05, 4.69) is 16.5 Å². The van der Waals surface area contributed by atoms with Crippen molar-refractivity contribution in [2.24, 2.45) is 0 Å². The zero-order chi connectivity index (χ0) is 16.3. The summed E-state index contributed by atoms with van der Waals surface area (Å²) in [7, 11) is 1.45. The van der Waals surface area contributed by atoms with Gasteiger partial charge in [0, 0.05) is 6.42 Å². The highest BCUT2D eigenvalue weighted by molar-refractivity contribution is 7.99. The second kappa shape index (κ2) is 18.8. The van der Waals surface area contributed by atoms with Crippen molar-refractivity contribution in [2.45, 2.75) is 83.5 Å². The SMILES string of the molecule is COC(=O)CCCCCCCCSCCCCCCCCF. The highest BCUT2D eigenvalue weighted by Crippen LogP contribution is 2.13. The van der Waals surface area contributed by atoms with Gasteiger partial charge in [0.2, 0.25) is 0 Å². The largest absolute Gasteiger partial charge is 0.469 e. The van der Waals surface area contributed by atoms with Crippen LogP contribution in [0.2, 0.25) is 0 Å². The van der Waals surface area contributed by atoms with Crippen molar-refractivity contribution in [2.75, 3.05) is 25.3 Å². The summed E-state index contributed by atoms with van der Waals surface area (Å²) in [6.45, 7) is -0.152. The molecule has 0 amide bonds. The molecule has 0 heterocycles. The Kier molecular flexibility index (Phi) is 18.6. The molecule has 0 atom stereocenters. The predicted octanol–water partition coefficient (Wildman–Crippen LogP) is 5.93. The van der Waals surface area contributed by atoms with Crippen LogP contribution in [-0.2, 0) is 9.53 Å². The summed E-state index contributed by atoms with van der Waals surface area (Å²) in [6.07, 6.45) is 14.7. The Balaban J connectivity index is 2.98. The first kappa shape index (κ1) is 21.8. The molecule has 0 fully saturated rings. The Hall–Kier alpha value is -0.250. The van der Waals surface area contributed by atoms with Crippen LogP contribution >= 0.6 is 11.8 Å². The summed E-state index contributed by atoms with van der Waals surface area (Å²) < 4.78 is 16.5. The summed E-state index contributed by atoms with van der Waals surface area (Å²) in [6, 6.07) is 0. The number of ether oxygens (including phenoxy) is 1. The Morgan fingerprint density at radius 3 is 1.73 bits per heavy atom. The molecule has 22 heavy (non-hydrogen) atoms. The van der Waals surface area contributed by atoms with Crippen LogP contribution in [0.5, 0.6) is 0 Å². The van der Waals surface area contributed by atoms with Gasteiger partial charge in [-0.05, 0) is 37.2 Å². The topological polar surface area (TPSA) is 26.3 Å². The molecule has 0 saturated heterocycles. The quantitative estimate of drug-likeness (QED) is 0.243. The van der Waals surface area contributed by atoms with Gasteiger partial charge in [-0.15, -0.1) is 0 Å². The van der Waals surface area contributed by atoms with E-state index in [9.17, 15) is 9.18 Å². The molecule has 0 aliphatic rings. The molecule has 2 nitrogen and oxygen atoms in total. The van der Waals surface area contributed by atoms with Gasteiger partial charge in [0.15, 0.2) is 0 Å². The van der Waals surface area contributed by atoms with Crippen LogP contribution in [0.15, 0.2) is 0 Å². The van der Waals surface area contributed by atoms with Crippen molar-refractivity contribution in [3.05, 3.63) is 0 Å². The van der Waals surface area contributed by atoms with Gasteiger partial charge in [-0.2, -0.15) is 11.8 Å². The monoisotopic (exact) mass is 334 g/mol. The number of unbranched alkanes of at least 4 members (excludes halogenated alkanes) is 10. The van der Waals surface area contributed by atoms with E-state index in [-0.39, 0.29) is 12.6 Å². The van der Waals surface area contributed by atoms with Gasteiger partial charge >= 0.3 is 5.97 Å². The minimum atomic E-state index is -0.152. The smallest absolute Gasteiger partial charge is 0.305 e. The number of thioether (sulfide) groups is 1. The standard InChI is InChI=1S/C18H35FO2S/c1-21-18(20)14-10-6-2-4-8-12-16-22-17-13-9-5-3-7-11-15-19/h2-17H2,1H3. The molecule has 0 N–H and O–H groups in total. The van der Waals surface area contributed by atoms with E-state index in [0.29, 0.717) is 6.42 Å². The van der Waals surface area contributed by atoms with Gasteiger partial charge in [0.25, 0.3) is 0 Å². The molecule has 0 unspecified atom stereocenters. The number of carbonyl (C=O) groups excluding carboxylic acids is 1. The zero-order valence-electron chi connectivity index (χ0n) is 14.4. The third-order valence-electron chi connectivity index (χ3n) is 3.82. The maximum Gasteiger partial charge on any atom is 0.305 e. The van der Waals surface area contributed by atoms with Crippen LogP contribution in [0.1, 0.15) is 83.5 Å². The third-order valence-corrected chi connectivity index (χ3v) is 4.97. The van der Waals surface area contributed by atoms with Crippen molar-refractivity contribution in [1.29, 1.82) is 0 Å². The normalized spacial score (nSPS) is 10.8. The maximum absolute atomic E-state index is 11.9. The van der Waals surface area contributed by atoms with E-state index >= 15 is 0 Å². The fraction of sp³-hybridized carbons (Fsp3) is 0.944. The lowest BCUT2D eigenvalue weighted by atomic mass is 10.1. The number of methoxy groups -OCH3 is 1. The Morgan fingerprint density at radius 2 is 1.23 bits per heavy atom. The Morgan fingerprint density at radius 1 is 0.773 bits per heavy atom. The van der Waals surface area contributed by atoms with Gasteiger partial charge in [-0.3, -0.25) is 9.18 Å². The number of hydrogen-bond donors (Lipinski definition) is 0. The molecular formula is C18H35FO2S. The number of rotatable bonds is 17. The molecule has 132 valence electrons. The van der Waals surface area contributed by atoms with Crippen molar-refractivity contribution in [3.63, 3.8) is 0 Å². The summed E-state index contributed by atoms with van der Waals surface area (Å²) in [5.41, 5.74) is 0. The summed E-state index contributed by atoms with van der Waals surface area (Å²) in [5, 5.41) is 0. The lowest BCUT2D eigenvalue weighted by Gasteiger charge is -2.03. The first-order valence-corrected chi connectivity index (χ1v) is 10.2. The van der Waals surface area contributed by atoms with E-state index in [1.807, 2.05) is 0 Å². The highest BCUT2D eigenvalue weighted by atomic mass is 32.2. The average Bonchev–Trinajstić information content (AvgIpc) is 2.54. The molecule has 0 aliphatic carbocycles. The first-order chi connectivity index (χ1) is 10.8. The van der Waals surface area contributed by atoms with Gasteiger partial charge in [0.05, 0.1) is 13.8 Å². The molecule has 4 heteroatoms. The average molecular weight is 335 g/mol. The van der Waals surface area contributed by atoms with Crippen LogP contribution in [0, 0.1) is 0 Å². The molecule has 0 saturated carbocycles. The Labute approximate surface area is 141 Å². The van der Waals surface area contributed by atoms with Crippen LogP contribution in [0.4, 0.5) is 4.39 Å². The third kappa shape index (κ3) is 17.8. The maximum atomic E-state index is 11.9. The first-order valence-electron chi connectivity index (χ1n) is 9.01. The zero-order valence-corrected chi connectivity index (χ0v) is 15.2. The van der Waals surface area contributed by atoms with E-state index in [1.165, 1.54) is 70.0 Å². The van der Waals surface area contributed by atoms with Gasteiger partial charge in [-0.1, -0.05) is 51.4 Å². The van der Waals surface area contributed by atoms with Gasteiger partial charge in [-0.25, -0.2) is 0 Å². The lowest BCUT2D eigenvalue weighted by molar-refractivity contribution is -0.140. The molecule has 0 aromatic carbocycles. The van der Waals surface area contributed by atoms with Crippen LogP contribution in [-0.4, -0.2) is 31.3 Å². The molecule has 0 aromatic heterocycles. The van der Waals surface area contributed by atoms with E-state index in [4.69, 9.17) is 0 Å². The van der Waals surface area contributed by atoms with Crippen molar-refractivity contribution in [1.82, 2.24) is 0 Å². The number of hydrogen-bond acceptors (Lipinski definition) is 3. The molecule has 0 spiro atoms. The number of esters is 1. The second-order valence-electron chi connectivity index (χ2n) is 5.87. The molecule has 0 aliphatic heterocycles. The van der Waals surface area contributed by atoms with Gasteiger partial charge in [0.1, 0.15) is 0 Å². The lowest BCUT2D eigenvalue weighted by Crippen LogP contribution is -1.99. The van der Waals surface area contributed by atoms with Crippen LogP contribution in [0.3, 0.4) is 0 Å². The molecule has 0 rings (SSSR count). The number of alkyl halides is 1. The van der Waals surface area contributed by atoms with E-state index in [0.717, 1.165) is 25.7 Å². The van der Waals surface area contributed by atoms with E-state index < -0.39 is 0 Å². The highest BCUT2D eigenvalue weighted by Gasteiger charge is 1.99. The molecular weight excluding hydrogens is 299 g/mol. The summed E-state index contributed by atoms with van der Waals surface area (Å²) >= 11 is 2.08. The number of carbonyl (C=O) groups is 1. The van der Waals surface area contributed by atoms with E-state index in [1.54, 1.807) is 0 Å². The minimum Gasteiger partial charge on any atom is -0.469 e. The second-order valence-corrected chi connectivity index (χ2v) is 7.09. The fourth-order valence-corrected chi connectivity index (χ4v) is 3.41. The molecule has 0 radical (unpaired) electrons. The summed E-state index contributed by atoms with van der Waals surface area (Å²) in [4.78, 5) is 10.9. The Bertz CT molecular complexity index is 237. The predicted molar refractivity (Wildman–Crippen MR) is 95.3 cm³/mol. The van der Waals surface area contributed by atoms with Gasteiger partial charge < -0.3 is 4.74 Å². The van der Waals surface area contributed by atoms with Crippen molar-refractivity contribution < 1.29 is 13.9 Å². The summed E-state index contributed by atoms with van der Waals surface area (Å²) in [5.74, 6) is 2.48. The minimum absolute atomic E-state index is 0.0844. The number of halogens is 1. The fourth-order valence-electron chi connectivity index (χ4n) is 2.39. The van der Waals surface area contributed by atoms with Crippen LogP contribution in [0.25, 0.3) is 0 Å². The van der Waals surface area contributed by atoms with Crippen molar-refractivity contribution in [3.8, 4) is 0 Å².